The van der Waals surface area contributed by atoms with Gasteiger partial charge in [-0.1, -0.05) is 59.3 Å². The van der Waals surface area contributed by atoms with Crippen molar-refractivity contribution in [1.29, 1.82) is 0 Å². The van der Waals surface area contributed by atoms with Gasteiger partial charge in [-0.2, -0.15) is 0 Å². The first kappa shape index (κ1) is 14.1. The molecule has 0 radical (unpaired) electrons. The first-order chi connectivity index (χ1) is 9.20. The normalized spacial score (nSPS) is 12.2. The molecule has 2 aromatic carbocycles. The van der Waals surface area contributed by atoms with E-state index in [4.69, 9.17) is 0 Å². The summed E-state index contributed by atoms with van der Waals surface area (Å²) in [5, 5.41) is 3.66. The van der Waals surface area contributed by atoms with Gasteiger partial charge in [0, 0.05) is 16.2 Å². The van der Waals surface area contributed by atoms with Gasteiger partial charge < -0.3 is 5.32 Å². The van der Waals surface area contributed by atoms with Crippen molar-refractivity contribution in [1.82, 2.24) is 0 Å². The van der Waals surface area contributed by atoms with E-state index in [2.05, 4.69) is 83.6 Å². The first-order valence-corrected chi connectivity index (χ1v) is 7.55. The van der Waals surface area contributed by atoms with Crippen LogP contribution in [0.1, 0.15) is 24.5 Å². The van der Waals surface area contributed by atoms with Crippen molar-refractivity contribution in [2.75, 3.05) is 5.32 Å². The fourth-order valence-electron chi connectivity index (χ4n) is 2.18. The highest BCUT2D eigenvalue weighted by Gasteiger charge is 2.09. The SMILES string of the molecule is CCC(Cc1ccccc1)Nc1cccc(Br)c1C. The van der Waals surface area contributed by atoms with Crippen LogP contribution in [-0.2, 0) is 6.42 Å². The van der Waals surface area contributed by atoms with Gasteiger partial charge in [-0.05, 0) is 43.0 Å². The number of halogens is 1. The van der Waals surface area contributed by atoms with Crippen LogP contribution < -0.4 is 5.32 Å². The molecule has 1 atom stereocenters. The van der Waals surface area contributed by atoms with E-state index in [1.54, 1.807) is 0 Å². The Bertz CT molecular complexity index is 522. The second-order valence-corrected chi connectivity index (χ2v) is 5.71. The largest absolute Gasteiger partial charge is 0.382 e. The smallest absolute Gasteiger partial charge is 0.0383 e. The number of hydrogen-bond acceptors (Lipinski definition) is 1. The summed E-state index contributed by atoms with van der Waals surface area (Å²) in [7, 11) is 0. The lowest BCUT2D eigenvalue weighted by Crippen LogP contribution is -2.21. The minimum Gasteiger partial charge on any atom is -0.382 e. The maximum atomic E-state index is 3.66. The molecule has 0 fully saturated rings. The lowest BCUT2D eigenvalue weighted by Gasteiger charge is -2.20. The molecule has 0 aliphatic rings. The highest BCUT2D eigenvalue weighted by Crippen LogP contribution is 2.25. The van der Waals surface area contributed by atoms with Crippen LogP contribution in [0.2, 0.25) is 0 Å². The molecule has 2 heteroatoms. The van der Waals surface area contributed by atoms with Crippen molar-refractivity contribution in [3.8, 4) is 0 Å². The molecule has 0 bridgehead atoms. The summed E-state index contributed by atoms with van der Waals surface area (Å²) in [6.07, 6.45) is 2.17. The minimum absolute atomic E-state index is 0.468. The molecule has 1 nitrogen and oxygen atoms in total. The van der Waals surface area contributed by atoms with Crippen LogP contribution in [0.3, 0.4) is 0 Å². The zero-order valence-electron chi connectivity index (χ0n) is 11.5. The average molecular weight is 318 g/mol. The van der Waals surface area contributed by atoms with Crippen LogP contribution >= 0.6 is 15.9 Å². The molecule has 0 heterocycles. The molecule has 19 heavy (non-hydrogen) atoms. The highest BCUT2D eigenvalue weighted by molar-refractivity contribution is 9.10. The van der Waals surface area contributed by atoms with E-state index < -0.39 is 0 Å². The minimum atomic E-state index is 0.468. The third-order valence-corrected chi connectivity index (χ3v) is 4.30. The Labute approximate surface area is 124 Å². The predicted octanol–water partition coefficient (Wildman–Crippen LogP) is 5.19. The van der Waals surface area contributed by atoms with Crippen molar-refractivity contribution >= 4 is 21.6 Å². The van der Waals surface area contributed by atoms with Crippen molar-refractivity contribution in [3.05, 3.63) is 64.1 Å². The number of nitrogens with one attached hydrogen (secondary N) is 1. The fourth-order valence-corrected chi connectivity index (χ4v) is 2.55. The summed E-state index contributed by atoms with van der Waals surface area (Å²) in [6.45, 7) is 4.37. The highest BCUT2D eigenvalue weighted by atomic mass is 79.9. The van der Waals surface area contributed by atoms with Crippen LogP contribution in [0.5, 0.6) is 0 Å². The van der Waals surface area contributed by atoms with Crippen LogP contribution in [0.25, 0.3) is 0 Å². The van der Waals surface area contributed by atoms with Gasteiger partial charge in [0.05, 0.1) is 0 Å². The third kappa shape index (κ3) is 3.84. The summed E-state index contributed by atoms with van der Waals surface area (Å²) in [4.78, 5) is 0. The zero-order chi connectivity index (χ0) is 13.7. The van der Waals surface area contributed by atoms with Crippen molar-refractivity contribution in [2.45, 2.75) is 32.7 Å². The van der Waals surface area contributed by atoms with Gasteiger partial charge in [0.25, 0.3) is 0 Å². The number of rotatable bonds is 5. The van der Waals surface area contributed by atoms with Gasteiger partial charge in [-0.15, -0.1) is 0 Å². The van der Waals surface area contributed by atoms with Crippen molar-refractivity contribution < 1.29 is 0 Å². The second kappa shape index (κ2) is 6.76. The molecule has 1 unspecified atom stereocenters. The zero-order valence-corrected chi connectivity index (χ0v) is 13.1. The quantitative estimate of drug-likeness (QED) is 0.800. The standard InChI is InChI=1S/C17H20BrN/c1-3-15(12-14-8-5-4-6-9-14)19-17-11-7-10-16(18)13(17)2/h4-11,15,19H,3,12H2,1-2H3. The molecule has 0 saturated carbocycles. The van der Waals surface area contributed by atoms with Crippen LogP contribution in [0.4, 0.5) is 5.69 Å². The van der Waals surface area contributed by atoms with Gasteiger partial charge in [-0.25, -0.2) is 0 Å². The second-order valence-electron chi connectivity index (χ2n) is 4.85. The van der Waals surface area contributed by atoms with E-state index in [0.29, 0.717) is 6.04 Å². The average Bonchev–Trinajstić information content (AvgIpc) is 2.44. The van der Waals surface area contributed by atoms with E-state index in [0.717, 1.165) is 17.3 Å². The summed E-state index contributed by atoms with van der Waals surface area (Å²) in [5.41, 5.74) is 3.88. The van der Waals surface area contributed by atoms with Gasteiger partial charge in [0.15, 0.2) is 0 Å². The van der Waals surface area contributed by atoms with Crippen LogP contribution in [0.15, 0.2) is 53.0 Å². The van der Waals surface area contributed by atoms with Gasteiger partial charge in [-0.3, -0.25) is 0 Å². The molecule has 0 saturated heterocycles. The van der Waals surface area contributed by atoms with Gasteiger partial charge in [0.1, 0.15) is 0 Å². The van der Waals surface area contributed by atoms with E-state index in [-0.39, 0.29) is 0 Å². The molecule has 0 aliphatic carbocycles. The van der Waals surface area contributed by atoms with Crippen LogP contribution in [0, 0.1) is 6.92 Å². The lowest BCUT2D eigenvalue weighted by molar-refractivity contribution is 0.690. The number of hydrogen-bond donors (Lipinski definition) is 1. The third-order valence-electron chi connectivity index (χ3n) is 3.45. The molecule has 0 aliphatic heterocycles. The predicted molar refractivity (Wildman–Crippen MR) is 86.7 cm³/mol. The monoisotopic (exact) mass is 317 g/mol. The van der Waals surface area contributed by atoms with Gasteiger partial charge >= 0.3 is 0 Å². The maximum absolute atomic E-state index is 3.66. The molecule has 1 N–H and O–H groups in total. The Morgan fingerprint density at radius 3 is 2.47 bits per heavy atom. The molecular formula is C17H20BrN. The molecule has 100 valence electrons. The maximum Gasteiger partial charge on any atom is 0.0383 e. The van der Waals surface area contributed by atoms with Gasteiger partial charge in [0.2, 0.25) is 0 Å². The molecule has 0 aromatic heterocycles. The molecule has 0 amide bonds. The topological polar surface area (TPSA) is 12.0 Å². The Morgan fingerprint density at radius 2 is 1.79 bits per heavy atom. The molecule has 0 spiro atoms. The van der Waals surface area contributed by atoms with E-state index in [9.17, 15) is 0 Å². The molecule has 2 aromatic rings. The van der Waals surface area contributed by atoms with Crippen molar-refractivity contribution in [3.63, 3.8) is 0 Å². The van der Waals surface area contributed by atoms with E-state index in [1.807, 2.05) is 0 Å². The number of anilines is 1. The molecular weight excluding hydrogens is 298 g/mol. The van der Waals surface area contributed by atoms with E-state index in [1.165, 1.54) is 16.8 Å². The Hall–Kier alpha value is -1.28. The van der Waals surface area contributed by atoms with Crippen LogP contribution in [-0.4, -0.2) is 6.04 Å². The molecule has 2 rings (SSSR count). The summed E-state index contributed by atoms with van der Waals surface area (Å²) >= 11 is 3.58. The Kier molecular flexibility index (Phi) is 5.03. The van der Waals surface area contributed by atoms with E-state index >= 15 is 0 Å². The number of benzene rings is 2. The summed E-state index contributed by atoms with van der Waals surface area (Å²) in [6, 6.07) is 17.4. The van der Waals surface area contributed by atoms with Crippen molar-refractivity contribution in [2.24, 2.45) is 0 Å². The summed E-state index contributed by atoms with van der Waals surface area (Å²) < 4.78 is 1.16. The Balaban J connectivity index is 2.09. The summed E-state index contributed by atoms with van der Waals surface area (Å²) in [5.74, 6) is 0. The first-order valence-electron chi connectivity index (χ1n) is 6.76. The lowest BCUT2D eigenvalue weighted by atomic mass is 10.0. The Morgan fingerprint density at radius 1 is 1.05 bits per heavy atom. The fraction of sp³-hybridized carbons (Fsp3) is 0.294.